The maximum Gasteiger partial charge on any atom is 0.308 e. The van der Waals surface area contributed by atoms with Gasteiger partial charge in [-0.25, -0.2) is 4.39 Å². The van der Waals surface area contributed by atoms with Crippen molar-refractivity contribution in [3.05, 3.63) is 29.6 Å². The molecule has 3 N–H and O–H groups in total. The van der Waals surface area contributed by atoms with Gasteiger partial charge in [0.05, 0.1) is 11.5 Å². The third-order valence-electron chi connectivity index (χ3n) is 3.44. The lowest BCUT2D eigenvalue weighted by Crippen LogP contribution is -2.30. The second kappa shape index (κ2) is 4.87. The summed E-state index contributed by atoms with van der Waals surface area (Å²) in [7, 11) is 0. The topological polar surface area (TPSA) is 83.6 Å². The second-order valence-electron chi connectivity index (χ2n) is 4.87. The van der Waals surface area contributed by atoms with Gasteiger partial charge in [-0.3, -0.25) is 9.59 Å². The number of rotatable bonds is 2. The maximum atomic E-state index is 13.7. The zero-order chi connectivity index (χ0) is 14.2. The SMILES string of the molecule is C[C@@H]1CN(C(=O)c2ccc(N)cc2F)C[C@H]1C(=O)O. The molecule has 0 radical (unpaired) electrons. The Labute approximate surface area is 109 Å². The van der Waals surface area contributed by atoms with Crippen LogP contribution >= 0.6 is 0 Å². The summed E-state index contributed by atoms with van der Waals surface area (Å²) in [6, 6.07) is 3.86. The molecule has 2 rings (SSSR count). The number of nitrogens with zero attached hydrogens (tertiary/aromatic N) is 1. The number of hydrogen-bond acceptors (Lipinski definition) is 3. The van der Waals surface area contributed by atoms with Gasteiger partial charge in [0.1, 0.15) is 5.82 Å². The van der Waals surface area contributed by atoms with Gasteiger partial charge in [-0.05, 0) is 24.1 Å². The van der Waals surface area contributed by atoms with E-state index in [1.54, 1.807) is 6.92 Å². The summed E-state index contributed by atoms with van der Waals surface area (Å²) in [6.45, 7) is 2.20. The van der Waals surface area contributed by atoms with Crippen molar-refractivity contribution in [2.45, 2.75) is 6.92 Å². The van der Waals surface area contributed by atoms with E-state index in [0.717, 1.165) is 6.07 Å². The molecule has 1 amide bonds. The van der Waals surface area contributed by atoms with Gasteiger partial charge in [-0.1, -0.05) is 6.92 Å². The van der Waals surface area contributed by atoms with E-state index >= 15 is 0 Å². The van der Waals surface area contributed by atoms with Gasteiger partial charge in [0.15, 0.2) is 0 Å². The van der Waals surface area contributed by atoms with Crippen molar-refractivity contribution in [1.29, 1.82) is 0 Å². The van der Waals surface area contributed by atoms with Crippen LogP contribution in [0.5, 0.6) is 0 Å². The highest BCUT2D eigenvalue weighted by Crippen LogP contribution is 2.25. The number of benzene rings is 1. The number of aliphatic carboxylic acids is 1. The normalized spacial score (nSPS) is 22.5. The Bertz CT molecular complexity index is 533. The molecule has 0 aliphatic carbocycles. The van der Waals surface area contributed by atoms with Crippen molar-refractivity contribution >= 4 is 17.6 Å². The van der Waals surface area contributed by atoms with Crippen molar-refractivity contribution in [1.82, 2.24) is 4.90 Å². The Hall–Kier alpha value is -2.11. The minimum atomic E-state index is -0.930. The van der Waals surface area contributed by atoms with Crippen LogP contribution in [-0.2, 0) is 4.79 Å². The van der Waals surface area contributed by atoms with Gasteiger partial charge in [0.2, 0.25) is 0 Å². The highest BCUT2D eigenvalue weighted by atomic mass is 19.1. The third kappa shape index (κ3) is 2.52. The molecule has 1 aromatic carbocycles. The monoisotopic (exact) mass is 266 g/mol. The number of likely N-dealkylation sites (tertiary alicyclic amines) is 1. The number of carbonyl (C=O) groups excluding carboxylic acids is 1. The predicted octanol–water partition coefficient (Wildman–Crippen LogP) is 1.20. The van der Waals surface area contributed by atoms with E-state index < -0.39 is 23.6 Å². The summed E-state index contributed by atoms with van der Waals surface area (Å²) in [4.78, 5) is 24.5. The molecule has 1 fully saturated rings. The van der Waals surface area contributed by atoms with Crippen LogP contribution in [0.3, 0.4) is 0 Å². The highest BCUT2D eigenvalue weighted by molar-refractivity contribution is 5.95. The van der Waals surface area contributed by atoms with E-state index in [4.69, 9.17) is 10.8 Å². The molecule has 1 saturated heterocycles. The smallest absolute Gasteiger partial charge is 0.308 e. The highest BCUT2D eigenvalue weighted by Gasteiger charge is 2.37. The zero-order valence-electron chi connectivity index (χ0n) is 10.5. The number of nitrogen functional groups attached to an aromatic ring is 1. The van der Waals surface area contributed by atoms with E-state index in [-0.39, 0.29) is 23.7 Å². The first kappa shape index (κ1) is 13.3. The fourth-order valence-electron chi connectivity index (χ4n) is 2.33. The second-order valence-corrected chi connectivity index (χ2v) is 4.87. The van der Waals surface area contributed by atoms with Crippen molar-refractivity contribution in [2.75, 3.05) is 18.8 Å². The maximum absolute atomic E-state index is 13.7. The molecular formula is C13H15FN2O3. The molecule has 1 aliphatic rings. The Morgan fingerprint density at radius 1 is 1.42 bits per heavy atom. The molecule has 0 spiro atoms. The molecule has 6 heteroatoms. The Morgan fingerprint density at radius 3 is 2.63 bits per heavy atom. The number of halogens is 1. The minimum Gasteiger partial charge on any atom is -0.481 e. The summed E-state index contributed by atoms with van der Waals surface area (Å²) in [5.74, 6) is -2.84. The van der Waals surface area contributed by atoms with Crippen molar-refractivity contribution < 1.29 is 19.1 Å². The summed E-state index contributed by atoms with van der Waals surface area (Å²) in [6.07, 6.45) is 0. The van der Waals surface area contributed by atoms with E-state index in [2.05, 4.69) is 0 Å². The van der Waals surface area contributed by atoms with Crippen LogP contribution in [0, 0.1) is 17.7 Å². The lowest BCUT2D eigenvalue weighted by Gasteiger charge is -2.16. The van der Waals surface area contributed by atoms with Gasteiger partial charge in [0, 0.05) is 18.8 Å². The lowest BCUT2D eigenvalue weighted by molar-refractivity contribution is -0.142. The first-order valence-corrected chi connectivity index (χ1v) is 5.97. The lowest BCUT2D eigenvalue weighted by atomic mass is 9.99. The number of carboxylic acid groups (broad SMARTS) is 1. The molecular weight excluding hydrogens is 251 g/mol. The molecule has 1 aromatic rings. The van der Waals surface area contributed by atoms with Crippen LogP contribution in [0.25, 0.3) is 0 Å². The van der Waals surface area contributed by atoms with E-state index in [0.29, 0.717) is 6.54 Å². The van der Waals surface area contributed by atoms with E-state index in [1.807, 2.05) is 0 Å². The first-order valence-electron chi connectivity index (χ1n) is 5.97. The predicted molar refractivity (Wildman–Crippen MR) is 67.0 cm³/mol. The number of anilines is 1. The van der Waals surface area contributed by atoms with Crippen molar-refractivity contribution in [3.8, 4) is 0 Å². The summed E-state index contributed by atoms with van der Waals surface area (Å²) >= 11 is 0. The van der Waals surface area contributed by atoms with Crippen molar-refractivity contribution in [2.24, 2.45) is 11.8 Å². The average molecular weight is 266 g/mol. The Balaban J connectivity index is 2.19. The minimum absolute atomic E-state index is 0.0764. The molecule has 0 bridgehead atoms. The molecule has 19 heavy (non-hydrogen) atoms. The largest absolute Gasteiger partial charge is 0.481 e. The number of amides is 1. The molecule has 1 heterocycles. The van der Waals surface area contributed by atoms with Crippen LogP contribution in [0.15, 0.2) is 18.2 Å². The van der Waals surface area contributed by atoms with Gasteiger partial charge in [0.25, 0.3) is 5.91 Å². The molecule has 2 atom stereocenters. The third-order valence-corrected chi connectivity index (χ3v) is 3.44. The molecule has 0 saturated carbocycles. The van der Waals surface area contributed by atoms with Crippen LogP contribution in [-0.4, -0.2) is 35.0 Å². The summed E-state index contributed by atoms with van der Waals surface area (Å²) in [5, 5.41) is 9.02. The van der Waals surface area contributed by atoms with Gasteiger partial charge in [-0.15, -0.1) is 0 Å². The van der Waals surface area contributed by atoms with Crippen molar-refractivity contribution in [3.63, 3.8) is 0 Å². The van der Waals surface area contributed by atoms with E-state index in [9.17, 15) is 14.0 Å². The number of hydrogen-bond donors (Lipinski definition) is 2. The summed E-state index contributed by atoms with van der Waals surface area (Å²) in [5.41, 5.74) is 5.59. The van der Waals surface area contributed by atoms with E-state index in [1.165, 1.54) is 17.0 Å². The fraction of sp³-hybridized carbons (Fsp3) is 0.385. The molecule has 5 nitrogen and oxygen atoms in total. The van der Waals surface area contributed by atoms with Crippen LogP contribution in [0.2, 0.25) is 0 Å². The summed E-state index contributed by atoms with van der Waals surface area (Å²) < 4.78 is 13.7. The average Bonchev–Trinajstić information content (AvgIpc) is 2.70. The number of carboxylic acids is 1. The molecule has 1 aliphatic heterocycles. The molecule has 0 aromatic heterocycles. The van der Waals surface area contributed by atoms with Gasteiger partial charge >= 0.3 is 5.97 Å². The Kier molecular flexibility index (Phi) is 3.42. The zero-order valence-corrected chi connectivity index (χ0v) is 10.5. The molecule has 102 valence electrons. The first-order chi connectivity index (χ1) is 8.90. The van der Waals surface area contributed by atoms with Crippen LogP contribution in [0.1, 0.15) is 17.3 Å². The molecule has 0 unspecified atom stereocenters. The fourth-order valence-corrected chi connectivity index (χ4v) is 2.33. The standard InChI is InChI=1S/C13H15FN2O3/c1-7-5-16(6-10(7)13(18)19)12(17)9-3-2-8(15)4-11(9)14/h2-4,7,10H,5-6,15H2,1H3,(H,18,19)/t7-,10-/m1/s1. The Morgan fingerprint density at radius 2 is 2.11 bits per heavy atom. The van der Waals surface area contributed by atoms with Gasteiger partial charge in [-0.2, -0.15) is 0 Å². The quantitative estimate of drug-likeness (QED) is 0.788. The number of carbonyl (C=O) groups is 2. The van der Waals surface area contributed by atoms with Gasteiger partial charge < -0.3 is 15.7 Å². The number of nitrogens with two attached hydrogens (primary N) is 1. The van der Waals surface area contributed by atoms with Crippen LogP contribution in [0.4, 0.5) is 10.1 Å². The van der Waals surface area contributed by atoms with Crippen LogP contribution < -0.4 is 5.73 Å².